The standard InChI is InChI=1S/C19H26N4S.HI/c1-15-22-17(13-24-15)12-23(3)18(20-2)21-14-19(10-7-11-19)16-8-5-4-6-9-16;/h4-6,8-9,13H,7,10-12,14H2,1-3H3,(H,20,21);1H. The topological polar surface area (TPSA) is 40.5 Å². The maximum Gasteiger partial charge on any atom is 0.193 e. The van der Waals surface area contributed by atoms with Gasteiger partial charge in [-0.25, -0.2) is 4.98 Å². The van der Waals surface area contributed by atoms with Crippen LogP contribution in [0.1, 0.15) is 35.5 Å². The molecule has 0 bridgehead atoms. The van der Waals surface area contributed by atoms with Gasteiger partial charge >= 0.3 is 0 Å². The Labute approximate surface area is 171 Å². The minimum Gasteiger partial charge on any atom is -0.355 e. The van der Waals surface area contributed by atoms with Crippen LogP contribution in [0.15, 0.2) is 40.7 Å². The van der Waals surface area contributed by atoms with E-state index in [1.54, 1.807) is 11.3 Å². The van der Waals surface area contributed by atoms with Crippen LogP contribution in [0, 0.1) is 6.92 Å². The second-order valence-corrected chi connectivity index (χ2v) is 7.68. The molecule has 1 N–H and O–H groups in total. The molecular weight excluding hydrogens is 443 g/mol. The first kappa shape index (κ1) is 20.2. The molecule has 1 aromatic carbocycles. The van der Waals surface area contributed by atoms with E-state index in [4.69, 9.17) is 0 Å². The van der Waals surface area contributed by atoms with E-state index in [1.807, 2.05) is 14.0 Å². The highest BCUT2D eigenvalue weighted by atomic mass is 127. The van der Waals surface area contributed by atoms with Gasteiger partial charge in [-0.1, -0.05) is 36.8 Å². The summed E-state index contributed by atoms with van der Waals surface area (Å²) in [5.74, 6) is 0.933. The number of guanidine groups is 1. The Morgan fingerprint density at radius 1 is 1.32 bits per heavy atom. The summed E-state index contributed by atoms with van der Waals surface area (Å²) in [7, 11) is 3.92. The first-order chi connectivity index (χ1) is 11.6. The number of aryl methyl sites for hydroxylation is 1. The Morgan fingerprint density at radius 2 is 2.04 bits per heavy atom. The molecule has 1 aliphatic carbocycles. The number of nitrogens with zero attached hydrogens (tertiary/aromatic N) is 3. The third kappa shape index (κ3) is 4.73. The molecule has 0 saturated heterocycles. The maximum absolute atomic E-state index is 4.55. The van der Waals surface area contributed by atoms with E-state index in [0.29, 0.717) is 0 Å². The minimum absolute atomic E-state index is 0. The van der Waals surface area contributed by atoms with Crippen LogP contribution < -0.4 is 5.32 Å². The number of hydrogen-bond acceptors (Lipinski definition) is 3. The van der Waals surface area contributed by atoms with Crippen LogP contribution in [-0.4, -0.2) is 36.5 Å². The lowest BCUT2D eigenvalue weighted by Crippen LogP contribution is -2.49. The highest BCUT2D eigenvalue weighted by Crippen LogP contribution is 2.43. The van der Waals surface area contributed by atoms with Gasteiger partial charge in [0.25, 0.3) is 0 Å². The van der Waals surface area contributed by atoms with Gasteiger partial charge in [-0.3, -0.25) is 4.99 Å². The molecule has 4 nitrogen and oxygen atoms in total. The summed E-state index contributed by atoms with van der Waals surface area (Å²) in [5.41, 5.74) is 2.80. The van der Waals surface area contributed by atoms with Gasteiger partial charge in [0.1, 0.15) is 0 Å². The van der Waals surface area contributed by atoms with Crippen molar-refractivity contribution in [2.75, 3.05) is 20.6 Å². The normalized spacial score (nSPS) is 15.9. The number of thiazole rings is 1. The Morgan fingerprint density at radius 3 is 2.56 bits per heavy atom. The van der Waals surface area contributed by atoms with Gasteiger partial charge in [0.2, 0.25) is 0 Å². The molecule has 0 unspecified atom stereocenters. The summed E-state index contributed by atoms with van der Waals surface area (Å²) in [6.07, 6.45) is 3.80. The number of nitrogens with one attached hydrogen (secondary N) is 1. The van der Waals surface area contributed by atoms with Gasteiger partial charge in [-0.15, -0.1) is 35.3 Å². The monoisotopic (exact) mass is 470 g/mol. The molecule has 1 aromatic heterocycles. The van der Waals surface area contributed by atoms with Crippen LogP contribution >= 0.6 is 35.3 Å². The van der Waals surface area contributed by atoms with E-state index in [9.17, 15) is 0 Å². The number of halogens is 1. The number of benzene rings is 1. The van der Waals surface area contributed by atoms with Crippen molar-refractivity contribution in [3.8, 4) is 0 Å². The van der Waals surface area contributed by atoms with Crippen molar-refractivity contribution in [2.24, 2.45) is 4.99 Å². The summed E-state index contributed by atoms with van der Waals surface area (Å²) in [6, 6.07) is 10.9. The second-order valence-electron chi connectivity index (χ2n) is 6.61. The highest BCUT2D eigenvalue weighted by Gasteiger charge is 2.38. The molecule has 136 valence electrons. The van der Waals surface area contributed by atoms with Crippen molar-refractivity contribution >= 4 is 41.3 Å². The van der Waals surface area contributed by atoms with E-state index in [1.165, 1.54) is 24.8 Å². The third-order valence-electron chi connectivity index (χ3n) is 4.92. The zero-order chi connectivity index (χ0) is 17.0. The number of rotatable bonds is 5. The molecule has 0 amide bonds. The molecule has 0 radical (unpaired) electrons. The Balaban J connectivity index is 0.00000225. The van der Waals surface area contributed by atoms with Gasteiger partial charge in [0, 0.05) is 31.4 Å². The van der Waals surface area contributed by atoms with Gasteiger partial charge in [0.05, 0.1) is 17.2 Å². The maximum atomic E-state index is 4.55. The van der Waals surface area contributed by atoms with E-state index >= 15 is 0 Å². The number of aromatic nitrogens is 1. The van der Waals surface area contributed by atoms with Gasteiger partial charge in [-0.2, -0.15) is 0 Å². The largest absolute Gasteiger partial charge is 0.355 e. The van der Waals surface area contributed by atoms with E-state index < -0.39 is 0 Å². The van der Waals surface area contributed by atoms with Crippen LogP contribution in [0.5, 0.6) is 0 Å². The fourth-order valence-corrected chi connectivity index (χ4v) is 4.00. The third-order valence-corrected chi connectivity index (χ3v) is 5.74. The van der Waals surface area contributed by atoms with Crippen LogP contribution in [0.25, 0.3) is 0 Å². The van der Waals surface area contributed by atoms with Gasteiger partial charge in [-0.05, 0) is 25.3 Å². The number of hydrogen-bond donors (Lipinski definition) is 1. The van der Waals surface area contributed by atoms with E-state index in [-0.39, 0.29) is 29.4 Å². The molecule has 0 aliphatic heterocycles. The van der Waals surface area contributed by atoms with E-state index in [2.05, 4.69) is 63.0 Å². The Bertz CT molecular complexity index is 694. The van der Waals surface area contributed by atoms with Crippen molar-refractivity contribution in [2.45, 2.75) is 38.1 Å². The number of aliphatic imine (C=N–C) groups is 1. The average molecular weight is 470 g/mol. The molecule has 1 aliphatic rings. The predicted octanol–water partition coefficient (Wildman–Crippen LogP) is 4.20. The average Bonchev–Trinajstić information content (AvgIpc) is 2.96. The molecule has 1 fully saturated rings. The molecule has 1 saturated carbocycles. The second kappa shape index (κ2) is 8.98. The van der Waals surface area contributed by atoms with Crippen molar-refractivity contribution in [3.05, 3.63) is 52.0 Å². The molecular formula is C19H27IN4S. The van der Waals surface area contributed by atoms with Crippen molar-refractivity contribution < 1.29 is 0 Å². The molecule has 2 aromatic rings. The quantitative estimate of drug-likeness (QED) is 0.405. The summed E-state index contributed by atoms with van der Waals surface area (Å²) >= 11 is 1.70. The lowest BCUT2D eigenvalue weighted by molar-refractivity contribution is 0.241. The highest BCUT2D eigenvalue weighted by molar-refractivity contribution is 14.0. The lowest BCUT2D eigenvalue weighted by atomic mass is 9.64. The molecule has 25 heavy (non-hydrogen) atoms. The van der Waals surface area contributed by atoms with Crippen LogP contribution in [-0.2, 0) is 12.0 Å². The Kier molecular flexibility index (Phi) is 7.25. The van der Waals surface area contributed by atoms with Crippen LogP contribution in [0.4, 0.5) is 0 Å². The van der Waals surface area contributed by atoms with E-state index in [0.717, 1.165) is 29.8 Å². The lowest BCUT2D eigenvalue weighted by Gasteiger charge is -2.43. The fraction of sp³-hybridized carbons (Fsp3) is 0.474. The van der Waals surface area contributed by atoms with Crippen molar-refractivity contribution in [1.29, 1.82) is 0 Å². The zero-order valence-electron chi connectivity index (χ0n) is 15.2. The summed E-state index contributed by atoms with van der Waals surface area (Å²) in [6.45, 7) is 3.76. The van der Waals surface area contributed by atoms with Crippen molar-refractivity contribution in [1.82, 2.24) is 15.2 Å². The van der Waals surface area contributed by atoms with Crippen LogP contribution in [0.3, 0.4) is 0 Å². The minimum atomic E-state index is 0. The first-order valence-electron chi connectivity index (χ1n) is 8.51. The molecule has 3 rings (SSSR count). The molecule has 0 atom stereocenters. The molecule has 6 heteroatoms. The van der Waals surface area contributed by atoms with Gasteiger partial charge < -0.3 is 10.2 Å². The summed E-state index contributed by atoms with van der Waals surface area (Å²) < 4.78 is 0. The SMILES string of the molecule is CN=C(NCC1(c2ccccc2)CCC1)N(C)Cc1csc(C)n1.I. The van der Waals surface area contributed by atoms with Gasteiger partial charge in [0.15, 0.2) is 5.96 Å². The smallest absolute Gasteiger partial charge is 0.193 e. The summed E-state index contributed by atoms with van der Waals surface area (Å²) in [5, 5.41) is 6.82. The Hall–Kier alpha value is -1.15. The summed E-state index contributed by atoms with van der Waals surface area (Å²) in [4.78, 5) is 11.1. The molecule has 0 spiro atoms. The van der Waals surface area contributed by atoms with Crippen molar-refractivity contribution in [3.63, 3.8) is 0 Å². The first-order valence-corrected chi connectivity index (χ1v) is 9.39. The molecule has 1 heterocycles. The predicted molar refractivity (Wildman–Crippen MR) is 117 cm³/mol. The fourth-order valence-electron chi connectivity index (χ4n) is 3.39. The van der Waals surface area contributed by atoms with Crippen LogP contribution in [0.2, 0.25) is 0 Å². The zero-order valence-corrected chi connectivity index (χ0v) is 18.3.